The Labute approximate surface area is 89.1 Å². The molecule has 2 aromatic rings. The highest BCUT2D eigenvalue weighted by Crippen LogP contribution is 2.13. The highest BCUT2D eigenvalue weighted by atomic mass is 19.1. The Morgan fingerprint density at radius 1 is 1.38 bits per heavy atom. The number of halogens is 1. The van der Waals surface area contributed by atoms with Gasteiger partial charge in [0.2, 0.25) is 5.69 Å². The number of benzene rings is 1. The van der Waals surface area contributed by atoms with Crippen LogP contribution in [0, 0.1) is 5.82 Å². The number of nitrogen functional groups attached to an aromatic ring is 1. The number of carboxylic acid groups (broad SMARTS) is 1. The molecule has 82 valence electrons. The second-order valence-corrected chi connectivity index (χ2v) is 2.98. The zero-order chi connectivity index (χ0) is 11.7. The maximum absolute atomic E-state index is 13.3. The first kappa shape index (κ1) is 10.1. The predicted octanol–water partition coefficient (Wildman–Crippen LogP) is 0.687. The van der Waals surface area contributed by atoms with Crippen molar-refractivity contribution >= 4 is 11.8 Å². The van der Waals surface area contributed by atoms with E-state index in [0.29, 0.717) is 0 Å². The topological polar surface area (TPSA) is 94.0 Å². The fraction of sp³-hybridized carbons (Fsp3) is 0. The van der Waals surface area contributed by atoms with E-state index in [2.05, 4.69) is 10.2 Å². The zero-order valence-corrected chi connectivity index (χ0v) is 7.96. The zero-order valence-electron chi connectivity index (χ0n) is 7.96. The molecule has 0 unspecified atom stereocenters. The van der Waals surface area contributed by atoms with Crippen molar-refractivity contribution in [3.8, 4) is 5.69 Å². The van der Waals surface area contributed by atoms with Gasteiger partial charge in [-0.1, -0.05) is 12.1 Å². The molecule has 0 saturated heterocycles. The van der Waals surface area contributed by atoms with Crippen LogP contribution in [0.4, 0.5) is 10.2 Å². The Bertz CT molecular complexity index is 552. The number of carbonyl (C=O) groups is 1. The highest BCUT2D eigenvalue weighted by Gasteiger charge is 2.17. The number of anilines is 1. The van der Waals surface area contributed by atoms with Gasteiger partial charge in [0.25, 0.3) is 0 Å². The van der Waals surface area contributed by atoms with E-state index < -0.39 is 17.5 Å². The van der Waals surface area contributed by atoms with Gasteiger partial charge in [-0.05, 0) is 12.1 Å². The smallest absolute Gasteiger partial charge is 0.360 e. The molecule has 1 aromatic heterocycles. The fourth-order valence-corrected chi connectivity index (χ4v) is 1.19. The Morgan fingerprint density at radius 3 is 2.62 bits per heavy atom. The van der Waals surface area contributed by atoms with Gasteiger partial charge in [-0.25, -0.2) is 9.18 Å². The van der Waals surface area contributed by atoms with Crippen molar-refractivity contribution in [2.75, 3.05) is 5.73 Å². The van der Waals surface area contributed by atoms with Gasteiger partial charge in [-0.2, -0.15) is 0 Å². The number of hydrogen-bond donors (Lipinski definition) is 2. The molecule has 0 spiro atoms. The summed E-state index contributed by atoms with van der Waals surface area (Å²) in [6.45, 7) is 0. The summed E-state index contributed by atoms with van der Waals surface area (Å²) in [7, 11) is 0. The van der Waals surface area contributed by atoms with E-state index in [0.717, 1.165) is 4.80 Å². The second-order valence-electron chi connectivity index (χ2n) is 2.98. The Hall–Kier alpha value is -2.44. The molecule has 0 saturated carbocycles. The molecular weight excluding hydrogens is 215 g/mol. The van der Waals surface area contributed by atoms with Crippen LogP contribution in [0.15, 0.2) is 24.3 Å². The normalized spacial score (nSPS) is 10.3. The maximum atomic E-state index is 13.3. The van der Waals surface area contributed by atoms with Crippen LogP contribution >= 0.6 is 0 Å². The van der Waals surface area contributed by atoms with E-state index in [1.54, 1.807) is 6.07 Å². The van der Waals surface area contributed by atoms with E-state index >= 15 is 0 Å². The molecule has 0 aliphatic carbocycles. The number of hydrogen-bond acceptors (Lipinski definition) is 4. The van der Waals surface area contributed by atoms with Crippen LogP contribution in [0.25, 0.3) is 5.69 Å². The van der Waals surface area contributed by atoms with Crippen molar-refractivity contribution in [2.45, 2.75) is 0 Å². The summed E-state index contributed by atoms with van der Waals surface area (Å²) in [6.07, 6.45) is 0. The number of aromatic carboxylic acids is 1. The van der Waals surface area contributed by atoms with Gasteiger partial charge >= 0.3 is 5.97 Å². The average Bonchev–Trinajstić information content (AvgIpc) is 2.61. The number of carboxylic acids is 1. The van der Waals surface area contributed by atoms with Gasteiger partial charge in [0.15, 0.2) is 11.6 Å². The molecule has 6 nitrogen and oxygen atoms in total. The lowest BCUT2D eigenvalue weighted by molar-refractivity contribution is 0.0691. The van der Waals surface area contributed by atoms with Crippen molar-refractivity contribution < 1.29 is 14.3 Å². The van der Waals surface area contributed by atoms with Gasteiger partial charge < -0.3 is 10.8 Å². The summed E-state index contributed by atoms with van der Waals surface area (Å²) in [5, 5.41) is 15.9. The first-order chi connectivity index (χ1) is 7.59. The number of rotatable bonds is 2. The lowest BCUT2D eigenvalue weighted by Gasteiger charge is -1.99. The van der Waals surface area contributed by atoms with Crippen molar-refractivity contribution in [1.82, 2.24) is 15.0 Å². The standard InChI is InChI=1S/C9H7FN4O2/c10-5-3-1-2-4-6(5)14-12-7(9(15)16)8(11)13-14/h1-4H,(H2,11,13)(H,15,16). The SMILES string of the molecule is Nc1nn(-c2ccccc2F)nc1C(=O)O. The van der Waals surface area contributed by atoms with E-state index in [1.807, 2.05) is 0 Å². The maximum Gasteiger partial charge on any atom is 0.360 e. The Balaban J connectivity index is 2.54. The molecule has 1 heterocycles. The lowest BCUT2D eigenvalue weighted by Crippen LogP contribution is -2.04. The van der Waals surface area contributed by atoms with Crippen LogP contribution in [-0.2, 0) is 0 Å². The van der Waals surface area contributed by atoms with Crippen LogP contribution in [0.5, 0.6) is 0 Å². The summed E-state index contributed by atoms with van der Waals surface area (Å²) < 4.78 is 13.3. The van der Waals surface area contributed by atoms with Crippen LogP contribution in [0.3, 0.4) is 0 Å². The molecule has 0 atom stereocenters. The minimum atomic E-state index is -1.31. The monoisotopic (exact) mass is 222 g/mol. The average molecular weight is 222 g/mol. The minimum Gasteiger partial charge on any atom is -0.476 e. The summed E-state index contributed by atoms with van der Waals surface area (Å²) in [6, 6.07) is 5.72. The van der Waals surface area contributed by atoms with E-state index in [1.165, 1.54) is 18.2 Å². The number of nitrogens with two attached hydrogens (primary N) is 1. The van der Waals surface area contributed by atoms with Crippen LogP contribution in [0.2, 0.25) is 0 Å². The lowest BCUT2D eigenvalue weighted by atomic mass is 10.3. The fourth-order valence-electron chi connectivity index (χ4n) is 1.19. The molecule has 0 amide bonds. The molecular formula is C9H7FN4O2. The van der Waals surface area contributed by atoms with Crippen molar-refractivity contribution in [2.24, 2.45) is 0 Å². The third-order valence-corrected chi connectivity index (χ3v) is 1.91. The third kappa shape index (κ3) is 1.58. The van der Waals surface area contributed by atoms with Crippen molar-refractivity contribution in [1.29, 1.82) is 0 Å². The molecule has 0 fully saturated rings. The summed E-state index contributed by atoms with van der Waals surface area (Å²) in [5.41, 5.74) is 4.98. The van der Waals surface area contributed by atoms with E-state index in [4.69, 9.17) is 10.8 Å². The van der Waals surface area contributed by atoms with Crippen molar-refractivity contribution in [3.63, 3.8) is 0 Å². The number of nitrogens with zero attached hydrogens (tertiary/aromatic N) is 3. The molecule has 7 heteroatoms. The molecule has 0 aliphatic rings. The molecule has 16 heavy (non-hydrogen) atoms. The summed E-state index contributed by atoms with van der Waals surface area (Å²) >= 11 is 0. The first-order valence-corrected chi connectivity index (χ1v) is 4.30. The van der Waals surface area contributed by atoms with Crippen LogP contribution in [0.1, 0.15) is 10.5 Å². The number of aromatic nitrogens is 3. The molecule has 1 aromatic carbocycles. The quantitative estimate of drug-likeness (QED) is 0.779. The Morgan fingerprint density at radius 2 is 2.06 bits per heavy atom. The van der Waals surface area contributed by atoms with Crippen LogP contribution < -0.4 is 5.73 Å². The van der Waals surface area contributed by atoms with Crippen LogP contribution in [-0.4, -0.2) is 26.1 Å². The Kier molecular flexibility index (Phi) is 2.28. The van der Waals surface area contributed by atoms with Gasteiger partial charge in [-0.15, -0.1) is 15.0 Å². The summed E-state index contributed by atoms with van der Waals surface area (Å²) in [5.74, 6) is -2.12. The largest absolute Gasteiger partial charge is 0.476 e. The molecule has 3 N–H and O–H groups in total. The van der Waals surface area contributed by atoms with E-state index in [-0.39, 0.29) is 11.5 Å². The first-order valence-electron chi connectivity index (χ1n) is 4.30. The molecule has 0 bridgehead atoms. The molecule has 0 radical (unpaired) electrons. The predicted molar refractivity (Wildman–Crippen MR) is 52.7 cm³/mol. The molecule has 2 rings (SSSR count). The van der Waals surface area contributed by atoms with Gasteiger partial charge in [0.1, 0.15) is 5.69 Å². The number of para-hydroxylation sites is 1. The molecule has 0 aliphatic heterocycles. The highest BCUT2D eigenvalue weighted by molar-refractivity contribution is 5.90. The van der Waals surface area contributed by atoms with Crippen molar-refractivity contribution in [3.05, 3.63) is 35.8 Å². The third-order valence-electron chi connectivity index (χ3n) is 1.91. The van der Waals surface area contributed by atoms with Gasteiger partial charge in [0.05, 0.1) is 0 Å². The second kappa shape index (κ2) is 3.61. The summed E-state index contributed by atoms with van der Waals surface area (Å²) in [4.78, 5) is 11.5. The minimum absolute atomic E-state index is 0.0432. The van der Waals surface area contributed by atoms with Gasteiger partial charge in [0, 0.05) is 0 Å². The van der Waals surface area contributed by atoms with E-state index in [9.17, 15) is 9.18 Å². The van der Waals surface area contributed by atoms with Gasteiger partial charge in [-0.3, -0.25) is 0 Å².